The highest BCUT2D eigenvalue weighted by molar-refractivity contribution is 5.69. The number of hydrogen-bond acceptors (Lipinski definition) is 5. The van der Waals surface area contributed by atoms with Crippen LogP contribution < -0.4 is 15.2 Å². The third-order valence-corrected chi connectivity index (χ3v) is 5.16. The van der Waals surface area contributed by atoms with Crippen LogP contribution in [0.25, 0.3) is 0 Å². The monoisotopic (exact) mass is 388 g/mol. The molecule has 1 aliphatic rings. The lowest BCUT2D eigenvalue weighted by atomic mass is 10.1. The predicted octanol–water partition coefficient (Wildman–Crippen LogP) is 3.15. The summed E-state index contributed by atoms with van der Waals surface area (Å²) in [5.41, 5.74) is 0.680. The van der Waals surface area contributed by atoms with E-state index in [1.165, 1.54) is 17.4 Å². The van der Waals surface area contributed by atoms with Gasteiger partial charge in [-0.1, -0.05) is 6.07 Å². The summed E-state index contributed by atoms with van der Waals surface area (Å²) in [6.45, 7) is 3.88. The lowest BCUT2D eigenvalue weighted by molar-refractivity contribution is -0.143. The Morgan fingerprint density at radius 2 is 1.96 bits per heavy atom. The molecule has 152 valence electrons. The fourth-order valence-corrected chi connectivity index (χ4v) is 3.58. The van der Waals surface area contributed by atoms with E-state index in [9.17, 15) is 9.59 Å². The van der Waals surface area contributed by atoms with Gasteiger partial charge in [-0.2, -0.15) is 0 Å². The van der Waals surface area contributed by atoms with Crippen LogP contribution in [-0.4, -0.2) is 34.9 Å². The second kappa shape index (κ2) is 8.99. The molecule has 1 aromatic carbocycles. The van der Waals surface area contributed by atoms with Crippen LogP contribution in [0.4, 0.5) is 0 Å². The summed E-state index contributed by atoms with van der Waals surface area (Å²) in [4.78, 5) is 24.3. The van der Waals surface area contributed by atoms with E-state index in [2.05, 4.69) is 0 Å². The number of nitrogens with zero attached hydrogens (tertiary/aromatic N) is 2. The van der Waals surface area contributed by atoms with Gasteiger partial charge in [0.1, 0.15) is 6.54 Å². The lowest BCUT2D eigenvalue weighted by Gasteiger charge is -2.19. The molecule has 0 N–H and O–H groups in total. The minimum absolute atomic E-state index is 0.0922. The average Bonchev–Trinajstić information content (AvgIpc) is 3.32. The van der Waals surface area contributed by atoms with Crippen LogP contribution in [0, 0.1) is 0 Å². The third kappa shape index (κ3) is 4.40. The summed E-state index contributed by atoms with van der Waals surface area (Å²) < 4.78 is 19.5. The van der Waals surface area contributed by atoms with Crippen LogP contribution in [0.2, 0.25) is 0 Å². The highest BCUT2D eigenvalue weighted by atomic mass is 16.5. The van der Waals surface area contributed by atoms with Crippen LogP contribution in [0.5, 0.6) is 11.5 Å². The summed E-state index contributed by atoms with van der Waals surface area (Å²) in [7, 11) is 1.62. The fraction of sp³-hybridized carbons (Fsp3) is 0.524. The maximum Gasteiger partial charge on any atom is 0.329 e. The van der Waals surface area contributed by atoms with E-state index >= 15 is 0 Å². The molecule has 7 nitrogen and oxygen atoms in total. The van der Waals surface area contributed by atoms with E-state index in [0.717, 1.165) is 18.4 Å². The topological polar surface area (TPSA) is 71.7 Å². The van der Waals surface area contributed by atoms with Crippen LogP contribution in [0.3, 0.4) is 0 Å². The molecule has 0 radical (unpaired) electrons. The number of methoxy groups -OCH3 is 1. The van der Waals surface area contributed by atoms with Gasteiger partial charge >= 0.3 is 11.7 Å². The zero-order valence-electron chi connectivity index (χ0n) is 16.7. The van der Waals surface area contributed by atoms with E-state index in [0.29, 0.717) is 18.1 Å². The Balaban J connectivity index is 1.82. The average molecular weight is 388 g/mol. The molecule has 2 aromatic rings. The van der Waals surface area contributed by atoms with Crippen molar-refractivity contribution in [3.63, 3.8) is 0 Å². The zero-order valence-corrected chi connectivity index (χ0v) is 16.7. The Morgan fingerprint density at radius 1 is 1.21 bits per heavy atom. The number of carbonyl (C=O) groups is 1. The van der Waals surface area contributed by atoms with Gasteiger partial charge in [-0.15, -0.1) is 0 Å². The number of rotatable bonds is 8. The van der Waals surface area contributed by atoms with E-state index < -0.39 is 5.97 Å². The normalized spacial score (nSPS) is 15.4. The molecule has 0 amide bonds. The lowest BCUT2D eigenvalue weighted by Crippen LogP contribution is -2.29. The molecule has 3 rings (SSSR count). The largest absolute Gasteiger partial charge is 0.493 e. The van der Waals surface area contributed by atoms with Crippen molar-refractivity contribution in [1.82, 2.24) is 9.13 Å². The van der Waals surface area contributed by atoms with Crippen molar-refractivity contribution in [2.24, 2.45) is 0 Å². The summed E-state index contributed by atoms with van der Waals surface area (Å²) in [6.07, 6.45) is 7.99. The van der Waals surface area contributed by atoms with Gasteiger partial charge in [0, 0.05) is 12.4 Å². The summed E-state index contributed by atoms with van der Waals surface area (Å²) in [5.74, 6) is 0.972. The molecule has 7 heteroatoms. The maximum atomic E-state index is 12.7. The van der Waals surface area contributed by atoms with E-state index in [4.69, 9.17) is 14.2 Å². The van der Waals surface area contributed by atoms with Crippen LogP contribution in [0.1, 0.15) is 51.1 Å². The maximum absolute atomic E-state index is 12.7. The minimum atomic E-state index is -0.424. The van der Waals surface area contributed by atoms with Crippen LogP contribution in [0.15, 0.2) is 35.4 Å². The molecule has 0 bridgehead atoms. The smallest absolute Gasteiger partial charge is 0.329 e. The molecule has 0 spiro atoms. The number of imidazole rings is 1. The minimum Gasteiger partial charge on any atom is -0.493 e. The molecule has 1 unspecified atom stereocenters. The molecule has 1 atom stereocenters. The first-order valence-corrected chi connectivity index (χ1v) is 9.81. The Hall–Kier alpha value is -2.70. The Bertz CT molecular complexity index is 864. The summed E-state index contributed by atoms with van der Waals surface area (Å²) >= 11 is 0. The van der Waals surface area contributed by atoms with Crippen molar-refractivity contribution in [3.05, 3.63) is 46.6 Å². The quantitative estimate of drug-likeness (QED) is 0.650. The molecular formula is C21H28N2O5. The molecule has 1 aliphatic carbocycles. The van der Waals surface area contributed by atoms with Crippen LogP contribution >= 0.6 is 0 Å². The van der Waals surface area contributed by atoms with Gasteiger partial charge < -0.3 is 14.2 Å². The van der Waals surface area contributed by atoms with E-state index in [1.54, 1.807) is 31.0 Å². The van der Waals surface area contributed by atoms with Gasteiger partial charge in [-0.3, -0.25) is 13.9 Å². The van der Waals surface area contributed by atoms with Gasteiger partial charge in [0.05, 0.1) is 25.9 Å². The molecule has 0 saturated heterocycles. The molecule has 0 aliphatic heterocycles. The number of aromatic nitrogens is 2. The number of ether oxygens (including phenoxy) is 3. The summed E-state index contributed by atoms with van der Waals surface area (Å²) in [6, 6.07) is 5.53. The van der Waals surface area contributed by atoms with Crippen molar-refractivity contribution >= 4 is 5.97 Å². The Labute approximate surface area is 164 Å². The molecule has 1 heterocycles. The second-order valence-corrected chi connectivity index (χ2v) is 7.03. The molecule has 1 saturated carbocycles. The summed E-state index contributed by atoms with van der Waals surface area (Å²) in [5, 5.41) is 0. The standard InChI is InChI=1S/C21H28N2O5/c1-4-27-20(24)14-22-11-12-23(21(22)25)15(2)16-9-10-18(26-3)19(13-16)28-17-7-5-6-8-17/h9-13,15,17H,4-8,14H2,1-3H3. The van der Waals surface area contributed by atoms with Gasteiger partial charge in [0.2, 0.25) is 0 Å². The second-order valence-electron chi connectivity index (χ2n) is 7.03. The third-order valence-electron chi connectivity index (χ3n) is 5.16. The van der Waals surface area contributed by atoms with E-state index in [1.807, 2.05) is 25.1 Å². The van der Waals surface area contributed by atoms with Crippen molar-refractivity contribution in [3.8, 4) is 11.5 Å². The van der Waals surface area contributed by atoms with Gasteiger partial charge in [-0.05, 0) is 57.2 Å². The van der Waals surface area contributed by atoms with Crippen molar-refractivity contribution < 1.29 is 19.0 Å². The highest BCUT2D eigenvalue weighted by Gasteiger charge is 2.20. The molecule has 28 heavy (non-hydrogen) atoms. The van der Waals surface area contributed by atoms with Crippen LogP contribution in [-0.2, 0) is 16.1 Å². The highest BCUT2D eigenvalue weighted by Crippen LogP contribution is 2.34. The van der Waals surface area contributed by atoms with Gasteiger partial charge in [0.15, 0.2) is 11.5 Å². The molecule has 1 aromatic heterocycles. The number of esters is 1. The van der Waals surface area contributed by atoms with Gasteiger partial charge in [-0.25, -0.2) is 4.79 Å². The first-order chi connectivity index (χ1) is 13.5. The SMILES string of the molecule is CCOC(=O)Cn1ccn(C(C)c2ccc(OC)c(OC3CCCC3)c2)c1=O. The number of carbonyl (C=O) groups excluding carboxylic acids is 1. The van der Waals surface area contributed by atoms with Crippen molar-refractivity contribution in [2.75, 3.05) is 13.7 Å². The van der Waals surface area contributed by atoms with Gasteiger partial charge in [0.25, 0.3) is 0 Å². The number of hydrogen-bond donors (Lipinski definition) is 0. The first-order valence-electron chi connectivity index (χ1n) is 9.81. The Morgan fingerprint density at radius 3 is 2.64 bits per heavy atom. The van der Waals surface area contributed by atoms with Crippen molar-refractivity contribution in [2.45, 2.75) is 58.2 Å². The molecule has 1 fully saturated rings. The predicted molar refractivity (Wildman–Crippen MR) is 105 cm³/mol. The number of benzene rings is 1. The van der Waals surface area contributed by atoms with E-state index in [-0.39, 0.29) is 24.4 Å². The van der Waals surface area contributed by atoms with Crippen molar-refractivity contribution in [1.29, 1.82) is 0 Å². The molecular weight excluding hydrogens is 360 g/mol. The Kier molecular flexibility index (Phi) is 6.44. The zero-order chi connectivity index (χ0) is 20.1. The fourth-order valence-electron chi connectivity index (χ4n) is 3.58. The first kappa shape index (κ1) is 20.0.